The van der Waals surface area contributed by atoms with Crippen LogP contribution in [0.25, 0.3) is 0 Å². The van der Waals surface area contributed by atoms with Crippen molar-refractivity contribution >= 4 is 21.6 Å². The van der Waals surface area contributed by atoms with Gasteiger partial charge >= 0.3 is 0 Å². The SMILES string of the molecule is CN(Cc1ccco1)C(=O)c1ccc(N(C)S(=O)(=O)c2ccccc2)cc1. The predicted octanol–water partition coefficient (Wildman–Crippen LogP) is 3.38. The molecular formula is C20H20N2O4S. The Labute approximate surface area is 158 Å². The van der Waals surface area contributed by atoms with Crippen LogP contribution in [0, 0.1) is 0 Å². The van der Waals surface area contributed by atoms with E-state index < -0.39 is 10.0 Å². The van der Waals surface area contributed by atoms with Crippen LogP contribution in [0.5, 0.6) is 0 Å². The van der Waals surface area contributed by atoms with Crippen molar-refractivity contribution in [2.75, 3.05) is 18.4 Å². The highest BCUT2D eigenvalue weighted by Gasteiger charge is 2.21. The molecule has 0 saturated heterocycles. The summed E-state index contributed by atoms with van der Waals surface area (Å²) < 4.78 is 31.8. The maximum atomic E-state index is 12.7. The number of anilines is 1. The summed E-state index contributed by atoms with van der Waals surface area (Å²) in [7, 11) is -0.477. The number of hydrogen-bond acceptors (Lipinski definition) is 4. The largest absolute Gasteiger partial charge is 0.467 e. The summed E-state index contributed by atoms with van der Waals surface area (Å²) in [5, 5.41) is 0. The van der Waals surface area contributed by atoms with E-state index >= 15 is 0 Å². The first kappa shape index (κ1) is 18.7. The van der Waals surface area contributed by atoms with Crippen LogP contribution in [0.3, 0.4) is 0 Å². The summed E-state index contributed by atoms with van der Waals surface area (Å²) in [5.74, 6) is 0.516. The lowest BCUT2D eigenvalue weighted by Crippen LogP contribution is -2.27. The Morgan fingerprint density at radius 1 is 0.926 bits per heavy atom. The van der Waals surface area contributed by atoms with Crippen LogP contribution >= 0.6 is 0 Å². The zero-order chi connectivity index (χ0) is 19.4. The lowest BCUT2D eigenvalue weighted by molar-refractivity contribution is 0.0775. The summed E-state index contributed by atoms with van der Waals surface area (Å²) in [6.45, 7) is 0.357. The Bertz CT molecular complexity index is 998. The van der Waals surface area contributed by atoms with E-state index in [1.165, 1.54) is 16.3 Å². The molecule has 0 spiro atoms. The normalized spacial score (nSPS) is 11.2. The number of rotatable bonds is 6. The Morgan fingerprint density at radius 2 is 1.59 bits per heavy atom. The minimum atomic E-state index is -3.65. The molecule has 1 amide bonds. The van der Waals surface area contributed by atoms with Crippen molar-refractivity contribution < 1.29 is 17.6 Å². The average molecular weight is 384 g/mol. The molecule has 0 aliphatic heterocycles. The number of benzene rings is 2. The van der Waals surface area contributed by atoms with E-state index in [0.717, 1.165) is 0 Å². The molecule has 0 fully saturated rings. The van der Waals surface area contributed by atoms with Crippen molar-refractivity contribution in [1.82, 2.24) is 4.90 Å². The second kappa shape index (κ2) is 7.67. The Morgan fingerprint density at radius 3 is 2.19 bits per heavy atom. The van der Waals surface area contributed by atoms with E-state index in [1.54, 1.807) is 80.0 Å². The number of furan rings is 1. The molecule has 0 aliphatic carbocycles. The van der Waals surface area contributed by atoms with E-state index in [0.29, 0.717) is 23.6 Å². The van der Waals surface area contributed by atoms with E-state index in [-0.39, 0.29) is 10.8 Å². The van der Waals surface area contributed by atoms with Gasteiger partial charge < -0.3 is 9.32 Å². The number of hydrogen-bond donors (Lipinski definition) is 0. The van der Waals surface area contributed by atoms with Gasteiger partial charge in [-0.1, -0.05) is 18.2 Å². The van der Waals surface area contributed by atoms with Crippen molar-refractivity contribution in [1.29, 1.82) is 0 Å². The van der Waals surface area contributed by atoms with Gasteiger partial charge in [0, 0.05) is 19.7 Å². The molecule has 2 aromatic carbocycles. The molecule has 0 N–H and O–H groups in total. The fourth-order valence-corrected chi connectivity index (χ4v) is 3.85. The van der Waals surface area contributed by atoms with Crippen LogP contribution in [-0.2, 0) is 16.6 Å². The summed E-state index contributed by atoms with van der Waals surface area (Å²) in [5.41, 5.74) is 0.947. The lowest BCUT2D eigenvalue weighted by atomic mass is 10.2. The maximum Gasteiger partial charge on any atom is 0.264 e. The van der Waals surface area contributed by atoms with Gasteiger partial charge in [0.25, 0.3) is 15.9 Å². The van der Waals surface area contributed by atoms with Gasteiger partial charge in [0.1, 0.15) is 5.76 Å². The number of amides is 1. The molecule has 3 aromatic rings. The van der Waals surface area contributed by atoms with Crippen molar-refractivity contribution in [3.05, 3.63) is 84.3 Å². The van der Waals surface area contributed by atoms with Gasteiger partial charge in [-0.05, 0) is 48.5 Å². The van der Waals surface area contributed by atoms with Gasteiger partial charge in [0.15, 0.2) is 0 Å². The minimum Gasteiger partial charge on any atom is -0.467 e. The van der Waals surface area contributed by atoms with Crippen LogP contribution < -0.4 is 4.31 Å². The molecule has 0 atom stereocenters. The first-order valence-electron chi connectivity index (χ1n) is 8.31. The standard InChI is InChI=1S/C20H20N2O4S/c1-21(15-18-7-6-14-26-18)20(23)16-10-12-17(13-11-16)22(2)27(24,25)19-8-4-3-5-9-19/h3-14H,15H2,1-2H3. The first-order chi connectivity index (χ1) is 12.9. The zero-order valence-corrected chi connectivity index (χ0v) is 15.9. The molecular weight excluding hydrogens is 364 g/mol. The van der Waals surface area contributed by atoms with Gasteiger partial charge in [-0.25, -0.2) is 8.42 Å². The molecule has 0 aliphatic rings. The molecule has 0 radical (unpaired) electrons. The molecule has 0 saturated carbocycles. The quantitative estimate of drug-likeness (QED) is 0.653. The van der Waals surface area contributed by atoms with E-state index in [1.807, 2.05) is 0 Å². The third-order valence-electron chi connectivity index (χ3n) is 4.20. The van der Waals surface area contributed by atoms with Gasteiger partial charge in [0.05, 0.1) is 23.4 Å². The van der Waals surface area contributed by atoms with E-state index in [9.17, 15) is 13.2 Å². The number of carbonyl (C=O) groups is 1. The molecule has 6 nitrogen and oxygen atoms in total. The van der Waals surface area contributed by atoms with Crippen LogP contribution in [0.1, 0.15) is 16.1 Å². The van der Waals surface area contributed by atoms with Gasteiger partial charge in [-0.2, -0.15) is 0 Å². The van der Waals surface area contributed by atoms with Crippen molar-refractivity contribution in [2.24, 2.45) is 0 Å². The fourth-order valence-electron chi connectivity index (χ4n) is 2.63. The molecule has 0 unspecified atom stereocenters. The Kier molecular flexibility index (Phi) is 5.32. The molecule has 3 rings (SSSR count). The van der Waals surface area contributed by atoms with Crippen LogP contribution in [-0.4, -0.2) is 33.3 Å². The van der Waals surface area contributed by atoms with Crippen LogP contribution in [0.2, 0.25) is 0 Å². The lowest BCUT2D eigenvalue weighted by Gasteiger charge is -2.20. The first-order valence-corrected chi connectivity index (χ1v) is 9.75. The van der Waals surface area contributed by atoms with E-state index in [4.69, 9.17) is 4.42 Å². The van der Waals surface area contributed by atoms with Gasteiger partial charge in [-0.15, -0.1) is 0 Å². The third kappa shape index (κ3) is 4.03. The second-order valence-corrected chi connectivity index (χ2v) is 8.04. The van der Waals surface area contributed by atoms with Crippen LogP contribution in [0.4, 0.5) is 5.69 Å². The van der Waals surface area contributed by atoms with Crippen molar-refractivity contribution in [3.8, 4) is 0 Å². The fraction of sp³-hybridized carbons (Fsp3) is 0.150. The second-order valence-electron chi connectivity index (χ2n) is 6.07. The number of nitrogens with zero attached hydrogens (tertiary/aromatic N) is 2. The predicted molar refractivity (Wildman–Crippen MR) is 103 cm³/mol. The molecule has 140 valence electrons. The average Bonchev–Trinajstić information content (AvgIpc) is 3.20. The third-order valence-corrected chi connectivity index (χ3v) is 6.00. The summed E-state index contributed by atoms with van der Waals surface area (Å²) >= 11 is 0. The summed E-state index contributed by atoms with van der Waals surface area (Å²) in [6.07, 6.45) is 1.56. The molecule has 27 heavy (non-hydrogen) atoms. The molecule has 1 aromatic heterocycles. The number of sulfonamides is 1. The van der Waals surface area contributed by atoms with Gasteiger partial charge in [-0.3, -0.25) is 9.10 Å². The summed E-state index contributed by atoms with van der Waals surface area (Å²) in [4.78, 5) is 14.3. The topological polar surface area (TPSA) is 70.8 Å². The highest BCUT2D eigenvalue weighted by molar-refractivity contribution is 7.92. The minimum absolute atomic E-state index is 0.175. The Balaban J connectivity index is 1.75. The molecule has 7 heteroatoms. The highest BCUT2D eigenvalue weighted by atomic mass is 32.2. The van der Waals surface area contributed by atoms with Crippen molar-refractivity contribution in [2.45, 2.75) is 11.4 Å². The maximum absolute atomic E-state index is 12.7. The Hall–Kier alpha value is -3.06. The smallest absolute Gasteiger partial charge is 0.264 e. The van der Waals surface area contributed by atoms with E-state index in [2.05, 4.69) is 0 Å². The number of carbonyl (C=O) groups excluding carboxylic acids is 1. The van der Waals surface area contributed by atoms with Crippen LogP contribution in [0.15, 0.2) is 82.3 Å². The summed E-state index contributed by atoms with van der Waals surface area (Å²) in [6, 6.07) is 18.3. The highest BCUT2D eigenvalue weighted by Crippen LogP contribution is 2.22. The molecule has 0 bridgehead atoms. The van der Waals surface area contributed by atoms with Crippen molar-refractivity contribution in [3.63, 3.8) is 0 Å². The molecule has 1 heterocycles. The zero-order valence-electron chi connectivity index (χ0n) is 15.1. The van der Waals surface area contributed by atoms with Gasteiger partial charge in [0.2, 0.25) is 0 Å². The monoisotopic (exact) mass is 384 g/mol.